The fourth-order valence-corrected chi connectivity index (χ4v) is 7.37. The Labute approximate surface area is 241 Å². The second-order valence-electron chi connectivity index (χ2n) is 12.0. The van der Waals surface area contributed by atoms with Crippen molar-refractivity contribution in [3.05, 3.63) is 89.5 Å². The number of carbonyl (C=O) groups excluding carboxylic acids is 2. The van der Waals surface area contributed by atoms with E-state index in [4.69, 9.17) is 9.47 Å². The van der Waals surface area contributed by atoms with E-state index < -0.39 is 5.60 Å². The van der Waals surface area contributed by atoms with Gasteiger partial charge in [-0.15, -0.1) is 0 Å². The van der Waals surface area contributed by atoms with E-state index in [9.17, 15) is 14.7 Å². The number of methoxy groups -OCH3 is 1. The molecule has 7 nitrogen and oxygen atoms in total. The minimum Gasteiger partial charge on any atom is -0.497 e. The molecule has 1 N–H and O–H groups in total. The van der Waals surface area contributed by atoms with Gasteiger partial charge in [0.1, 0.15) is 5.75 Å². The summed E-state index contributed by atoms with van der Waals surface area (Å²) >= 11 is 0. The number of amides is 2. The first kappa shape index (κ1) is 27.5. The zero-order valence-corrected chi connectivity index (χ0v) is 24.2. The molecule has 0 aromatic heterocycles. The number of carbonyl (C=O) groups is 2. The third-order valence-electron chi connectivity index (χ3n) is 9.60. The molecule has 0 unspecified atom stereocenters. The van der Waals surface area contributed by atoms with Gasteiger partial charge >= 0.3 is 0 Å². The van der Waals surface area contributed by atoms with Gasteiger partial charge in [-0.05, 0) is 53.3 Å². The maximum absolute atomic E-state index is 14.6. The van der Waals surface area contributed by atoms with Crippen molar-refractivity contribution in [2.75, 3.05) is 30.1 Å². The van der Waals surface area contributed by atoms with Crippen LogP contribution >= 0.6 is 0 Å². The van der Waals surface area contributed by atoms with Crippen molar-refractivity contribution in [3.63, 3.8) is 0 Å². The predicted molar refractivity (Wildman–Crippen MR) is 158 cm³/mol. The Bertz CT molecular complexity index is 1450. The number of aliphatic hydroxyl groups excluding tert-OH is 1. The Morgan fingerprint density at radius 1 is 1.02 bits per heavy atom. The van der Waals surface area contributed by atoms with Crippen LogP contribution < -0.4 is 14.5 Å². The van der Waals surface area contributed by atoms with Crippen molar-refractivity contribution in [3.8, 4) is 5.75 Å². The van der Waals surface area contributed by atoms with Crippen LogP contribution in [0.25, 0.3) is 0 Å². The molecule has 3 aliphatic heterocycles. The number of para-hydroxylation sites is 1. The molecular formula is C34H38N2O5. The summed E-state index contributed by atoms with van der Waals surface area (Å²) in [7, 11) is 1.66. The van der Waals surface area contributed by atoms with Crippen LogP contribution in [0.15, 0.2) is 72.8 Å². The van der Waals surface area contributed by atoms with E-state index in [2.05, 4.69) is 32.9 Å². The molecule has 3 aliphatic rings. The zero-order valence-electron chi connectivity index (χ0n) is 24.2. The third kappa shape index (κ3) is 4.25. The lowest BCUT2D eigenvalue weighted by atomic mass is 9.63. The normalized spacial score (nSPS) is 25.5. The summed E-state index contributed by atoms with van der Waals surface area (Å²) in [6, 6.07) is 23.9. The first-order chi connectivity index (χ1) is 19.7. The second-order valence-corrected chi connectivity index (χ2v) is 12.0. The number of benzene rings is 3. The number of ether oxygens (including phenoxy) is 2. The summed E-state index contributed by atoms with van der Waals surface area (Å²) in [6.07, 6.45) is 0.731. The molecule has 7 heteroatoms. The first-order valence-corrected chi connectivity index (χ1v) is 14.5. The molecule has 1 spiro atoms. The van der Waals surface area contributed by atoms with E-state index in [1.165, 1.54) is 0 Å². The first-order valence-electron chi connectivity index (χ1n) is 14.5. The van der Waals surface area contributed by atoms with Gasteiger partial charge in [0.2, 0.25) is 5.91 Å². The lowest BCUT2D eigenvalue weighted by Gasteiger charge is -2.38. The quantitative estimate of drug-likeness (QED) is 0.388. The Kier molecular flexibility index (Phi) is 6.91. The highest BCUT2D eigenvalue weighted by Crippen LogP contribution is 2.59. The van der Waals surface area contributed by atoms with Crippen molar-refractivity contribution >= 4 is 23.2 Å². The van der Waals surface area contributed by atoms with E-state index in [0.717, 1.165) is 40.4 Å². The smallest absolute Gasteiger partial charge is 0.264 e. The Morgan fingerprint density at radius 2 is 1.73 bits per heavy atom. The van der Waals surface area contributed by atoms with Crippen molar-refractivity contribution in [1.82, 2.24) is 0 Å². The number of hydrogen-bond donors (Lipinski definition) is 1. The standard InChI is InChI=1S/C34H38N2O5/c1-22-31(33(2,3)24-11-15-26(40-4)16-12-24)29(18-20-37)41-34(22)27-7-5-6-8-28(27)36(32(34)39)21-23-9-13-25(14-10-23)35-19-17-30(35)38/h5-16,22,29,31,37H,17-21H2,1-4H3/t22-,29+,31-,34+/m1/s1. The van der Waals surface area contributed by atoms with Crippen LogP contribution in [0.4, 0.5) is 11.4 Å². The van der Waals surface area contributed by atoms with Crippen LogP contribution in [0.1, 0.15) is 50.3 Å². The maximum atomic E-state index is 14.6. The average molecular weight is 555 g/mol. The number of rotatable bonds is 8. The van der Waals surface area contributed by atoms with Gasteiger partial charge in [-0.25, -0.2) is 0 Å². The number of aliphatic hydroxyl groups is 1. The van der Waals surface area contributed by atoms with Crippen LogP contribution in [0, 0.1) is 11.8 Å². The van der Waals surface area contributed by atoms with E-state index >= 15 is 0 Å². The predicted octanol–water partition coefficient (Wildman–Crippen LogP) is 5.19. The minimum atomic E-state index is -1.14. The molecule has 0 aliphatic carbocycles. The molecule has 214 valence electrons. The summed E-state index contributed by atoms with van der Waals surface area (Å²) in [5.74, 6) is 0.677. The van der Waals surface area contributed by atoms with Gasteiger partial charge in [0.05, 0.1) is 25.4 Å². The molecule has 2 amide bonds. The summed E-state index contributed by atoms with van der Waals surface area (Å²) in [5.41, 5.74) is 3.26. The summed E-state index contributed by atoms with van der Waals surface area (Å²) < 4.78 is 12.3. The van der Waals surface area contributed by atoms with Crippen LogP contribution in [-0.4, -0.2) is 43.3 Å². The van der Waals surface area contributed by atoms with E-state index in [0.29, 0.717) is 19.4 Å². The Morgan fingerprint density at radius 3 is 2.34 bits per heavy atom. The maximum Gasteiger partial charge on any atom is 0.264 e. The van der Waals surface area contributed by atoms with Crippen molar-refractivity contribution in [2.45, 2.75) is 57.3 Å². The van der Waals surface area contributed by atoms with Gasteiger partial charge < -0.3 is 24.4 Å². The molecule has 0 bridgehead atoms. The van der Waals surface area contributed by atoms with Gasteiger partial charge in [0.15, 0.2) is 5.60 Å². The van der Waals surface area contributed by atoms with Gasteiger partial charge in [-0.3, -0.25) is 9.59 Å². The highest BCUT2D eigenvalue weighted by atomic mass is 16.5. The fourth-order valence-electron chi connectivity index (χ4n) is 7.37. The second kappa shape index (κ2) is 10.3. The molecule has 2 saturated heterocycles. The Balaban J connectivity index is 1.35. The number of nitrogens with zero attached hydrogens (tertiary/aromatic N) is 2. The number of hydrogen-bond acceptors (Lipinski definition) is 5. The Hall–Kier alpha value is -3.68. The molecule has 4 atom stereocenters. The van der Waals surface area contributed by atoms with Gasteiger partial charge in [-0.2, -0.15) is 0 Å². The molecular weight excluding hydrogens is 516 g/mol. The summed E-state index contributed by atoms with van der Waals surface area (Å²) in [6.45, 7) is 7.67. The van der Waals surface area contributed by atoms with Crippen LogP contribution in [0.5, 0.6) is 5.75 Å². The van der Waals surface area contributed by atoms with Gasteiger partial charge in [0, 0.05) is 42.7 Å². The lowest BCUT2D eigenvalue weighted by Crippen LogP contribution is -2.45. The molecule has 0 saturated carbocycles. The third-order valence-corrected chi connectivity index (χ3v) is 9.60. The minimum absolute atomic E-state index is 0.0198. The number of fused-ring (bicyclic) bond motifs is 2. The SMILES string of the molecule is COc1ccc(C(C)(C)[C@H]2[C@H](CCO)O[C@@]3(C(=O)N(Cc4ccc(N5CCC5=O)cc4)c4ccccc43)[C@@H]2C)cc1. The van der Waals surface area contributed by atoms with Crippen molar-refractivity contribution in [2.24, 2.45) is 11.8 Å². The van der Waals surface area contributed by atoms with E-state index in [-0.39, 0.29) is 41.8 Å². The molecule has 3 aromatic carbocycles. The van der Waals surface area contributed by atoms with E-state index in [1.54, 1.807) is 12.0 Å². The number of anilines is 2. The zero-order chi connectivity index (χ0) is 28.9. The highest BCUT2D eigenvalue weighted by Gasteiger charge is 2.65. The van der Waals surface area contributed by atoms with Crippen LogP contribution in [0.2, 0.25) is 0 Å². The lowest BCUT2D eigenvalue weighted by molar-refractivity contribution is -0.146. The molecule has 2 fully saturated rings. The van der Waals surface area contributed by atoms with Crippen molar-refractivity contribution < 1.29 is 24.2 Å². The van der Waals surface area contributed by atoms with Gasteiger partial charge in [-0.1, -0.05) is 63.2 Å². The summed E-state index contributed by atoms with van der Waals surface area (Å²) in [5, 5.41) is 10.1. The summed E-state index contributed by atoms with van der Waals surface area (Å²) in [4.78, 5) is 30.1. The van der Waals surface area contributed by atoms with E-state index in [1.807, 2.05) is 65.6 Å². The van der Waals surface area contributed by atoms with Crippen LogP contribution in [-0.2, 0) is 31.9 Å². The highest BCUT2D eigenvalue weighted by molar-refractivity contribution is 6.07. The van der Waals surface area contributed by atoms with Crippen molar-refractivity contribution in [1.29, 1.82) is 0 Å². The number of β-lactam (4-membered cyclic amide) rings is 1. The fraction of sp³-hybridized carbons (Fsp3) is 0.412. The van der Waals surface area contributed by atoms with Gasteiger partial charge in [0.25, 0.3) is 5.91 Å². The average Bonchev–Trinajstić information content (AvgIpc) is 3.40. The largest absolute Gasteiger partial charge is 0.497 e. The van der Waals surface area contributed by atoms with Crippen LogP contribution in [0.3, 0.4) is 0 Å². The molecule has 3 aromatic rings. The topological polar surface area (TPSA) is 79.3 Å². The molecule has 0 radical (unpaired) electrons. The monoisotopic (exact) mass is 554 g/mol. The molecule has 41 heavy (non-hydrogen) atoms. The molecule has 6 rings (SSSR count). The molecule has 3 heterocycles.